The zero-order valence-corrected chi connectivity index (χ0v) is 10.2. The van der Waals surface area contributed by atoms with E-state index in [0.717, 1.165) is 6.42 Å². The molecule has 0 saturated carbocycles. The van der Waals surface area contributed by atoms with E-state index in [2.05, 4.69) is 5.32 Å². The van der Waals surface area contributed by atoms with E-state index in [4.69, 9.17) is 15.2 Å². The van der Waals surface area contributed by atoms with E-state index in [1.54, 1.807) is 25.3 Å². The average Bonchev–Trinajstić information content (AvgIpc) is 2.33. The van der Waals surface area contributed by atoms with Gasteiger partial charge in [-0.1, -0.05) is 0 Å². The van der Waals surface area contributed by atoms with Gasteiger partial charge in [-0.25, -0.2) is 0 Å². The minimum atomic E-state index is -0.160. The topological polar surface area (TPSA) is 73.6 Å². The van der Waals surface area contributed by atoms with Crippen molar-refractivity contribution in [3.05, 3.63) is 23.8 Å². The first kappa shape index (κ1) is 13.3. The van der Waals surface area contributed by atoms with E-state index < -0.39 is 0 Å². The second-order valence-corrected chi connectivity index (χ2v) is 3.60. The van der Waals surface area contributed by atoms with Gasteiger partial charge in [0.15, 0.2) is 0 Å². The highest BCUT2D eigenvalue weighted by Crippen LogP contribution is 2.18. The standard InChI is InChI=1S/C12H18N2O3/c1-16-5-3-4-14-12(15)9-6-10(13)8-11(7-9)17-2/h6-8H,3-5,13H2,1-2H3,(H,14,15). The van der Waals surface area contributed by atoms with Crippen molar-refractivity contribution in [1.29, 1.82) is 0 Å². The summed E-state index contributed by atoms with van der Waals surface area (Å²) in [6, 6.07) is 4.94. The molecule has 1 amide bonds. The summed E-state index contributed by atoms with van der Waals surface area (Å²) in [7, 11) is 3.17. The maximum absolute atomic E-state index is 11.8. The lowest BCUT2D eigenvalue weighted by atomic mass is 10.1. The molecule has 0 spiro atoms. The van der Waals surface area contributed by atoms with Crippen molar-refractivity contribution < 1.29 is 14.3 Å². The minimum absolute atomic E-state index is 0.160. The normalized spacial score (nSPS) is 10.0. The molecule has 0 atom stereocenters. The van der Waals surface area contributed by atoms with Crippen molar-refractivity contribution in [2.45, 2.75) is 6.42 Å². The second kappa shape index (κ2) is 6.75. The molecule has 0 unspecified atom stereocenters. The molecule has 5 heteroatoms. The van der Waals surface area contributed by atoms with Crippen molar-refractivity contribution in [3.63, 3.8) is 0 Å². The molecule has 17 heavy (non-hydrogen) atoms. The van der Waals surface area contributed by atoms with Crippen LogP contribution in [-0.4, -0.2) is 33.3 Å². The summed E-state index contributed by atoms with van der Waals surface area (Å²) in [5.41, 5.74) is 6.67. The smallest absolute Gasteiger partial charge is 0.251 e. The Morgan fingerprint density at radius 3 is 2.76 bits per heavy atom. The second-order valence-electron chi connectivity index (χ2n) is 3.60. The molecule has 0 saturated heterocycles. The average molecular weight is 238 g/mol. The molecule has 1 rings (SSSR count). The van der Waals surface area contributed by atoms with Crippen LogP contribution in [0.4, 0.5) is 5.69 Å². The van der Waals surface area contributed by atoms with Crippen LogP contribution in [0.5, 0.6) is 5.75 Å². The van der Waals surface area contributed by atoms with Crippen LogP contribution in [0, 0.1) is 0 Å². The van der Waals surface area contributed by atoms with Gasteiger partial charge in [0.2, 0.25) is 0 Å². The molecular weight excluding hydrogens is 220 g/mol. The Morgan fingerprint density at radius 1 is 1.35 bits per heavy atom. The number of rotatable bonds is 6. The third-order valence-corrected chi connectivity index (χ3v) is 2.24. The van der Waals surface area contributed by atoms with Gasteiger partial charge < -0.3 is 20.5 Å². The van der Waals surface area contributed by atoms with Crippen LogP contribution in [0.3, 0.4) is 0 Å². The number of nitrogen functional groups attached to an aromatic ring is 1. The van der Waals surface area contributed by atoms with Crippen molar-refractivity contribution in [3.8, 4) is 5.75 Å². The van der Waals surface area contributed by atoms with Gasteiger partial charge in [0.25, 0.3) is 5.91 Å². The number of anilines is 1. The zero-order valence-electron chi connectivity index (χ0n) is 10.2. The Balaban J connectivity index is 2.59. The Hall–Kier alpha value is -1.75. The number of hydrogen-bond donors (Lipinski definition) is 2. The number of methoxy groups -OCH3 is 2. The molecule has 0 aliphatic carbocycles. The molecule has 0 aliphatic rings. The molecule has 5 nitrogen and oxygen atoms in total. The van der Waals surface area contributed by atoms with Gasteiger partial charge >= 0.3 is 0 Å². The van der Waals surface area contributed by atoms with E-state index in [1.165, 1.54) is 7.11 Å². The number of nitrogens with one attached hydrogen (secondary N) is 1. The lowest BCUT2D eigenvalue weighted by Crippen LogP contribution is -2.25. The van der Waals surface area contributed by atoms with E-state index >= 15 is 0 Å². The maximum Gasteiger partial charge on any atom is 0.251 e. The van der Waals surface area contributed by atoms with Gasteiger partial charge in [-0.15, -0.1) is 0 Å². The Kier molecular flexibility index (Phi) is 5.29. The van der Waals surface area contributed by atoms with Crippen LogP contribution in [0.2, 0.25) is 0 Å². The summed E-state index contributed by atoms with van der Waals surface area (Å²) < 4.78 is 9.94. The summed E-state index contributed by atoms with van der Waals surface area (Å²) in [5.74, 6) is 0.416. The quantitative estimate of drug-likeness (QED) is 0.573. The highest BCUT2D eigenvalue weighted by atomic mass is 16.5. The molecule has 0 radical (unpaired) electrons. The molecule has 1 aromatic carbocycles. The Morgan fingerprint density at radius 2 is 2.12 bits per heavy atom. The first-order valence-corrected chi connectivity index (χ1v) is 5.39. The number of ether oxygens (including phenoxy) is 2. The number of amides is 1. The maximum atomic E-state index is 11.8. The number of nitrogens with two attached hydrogens (primary N) is 1. The van der Waals surface area contributed by atoms with Crippen molar-refractivity contribution >= 4 is 11.6 Å². The third-order valence-electron chi connectivity index (χ3n) is 2.24. The first-order valence-electron chi connectivity index (χ1n) is 5.39. The van der Waals surface area contributed by atoms with Crippen LogP contribution in [0.15, 0.2) is 18.2 Å². The summed E-state index contributed by atoms with van der Waals surface area (Å²) in [6.45, 7) is 1.20. The van der Waals surface area contributed by atoms with Crippen LogP contribution >= 0.6 is 0 Å². The Bertz CT molecular complexity index is 380. The number of hydrogen-bond acceptors (Lipinski definition) is 4. The number of carbonyl (C=O) groups is 1. The molecule has 0 bridgehead atoms. The van der Waals surface area contributed by atoms with Gasteiger partial charge in [-0.2, -0.15) is 0 Å². The monoisotopic (exact) mass is 238 g/mol. The van der Waals surface area contributed by atoms with Gasteiger partial charge in [0.1, 0.15) is 5.75 Å². The predicted molar refractivity (Wildman–Crippen MR) is 66.2 cm³/mol. The molecule has 0 aromatic heterocycles. The minimum Gasteiger partial charge on any atom is -0.497 e. The SMILES string of the molecule is COCCCNC(=O)c1cc(N)cc(OC)c1. The summed E-state index contributed by atoms with van der Waals surface area (Å²) in [6.07, 6.45) is 0.779. The fraction of sp³-hybridized carbons (Fsp3) is 0.417. The Labute approximate surface area is 101 Å². The van der Waals surface area contributed by atoms with Crippen molar-refractivity contribution in [2.24, 2.45) is 0 Å². The lowest BCUT2D eigenvalue weighted by Gasteiger charge is -2.07. The van der Waals surface area contributed by atoms with Crippen LogP contribution in [0.25, 0.3) is 0 Å². The molecule has 0 fully saturated rings. The molecular formula is C12H18N2O3. The molecule has 0 aliphatic heterocycles. The van der Waals surface area contributed by atoms with Gasteiger partial charge in [0.05, 0.1) is 7.11 Å². The van der Waals surface area contributed by atoms with Crippen LogP contribution in [0.1, 0.15) is 16.8 Å². The largest absolute Gasteiger partial charge is 0.497 e. The van der Waals surface area contributed by atoms with E-state index in [0.29, 0.717) is 30.2 Å². The van der Waals surface area contributed by atoms with E-state index in [-0.39, 0.29) is 5.91 Å². The summed E-state index contributed by atoms with van der Waals surface area (Å²) >= 11 is 0. The molecule has 0 heterocycles. The first-order chi connectivity index (χ1) is 8.17. The summed E-state index contributed by atoms with van der Waals surface area (Å²) in [4.78, 5) is 11.8. The predicted octanol–water partition coefficient (Wildman–Crippen LogP) is 1.04. The highest BCUT2D eigenvalue weighted by Gasteiger charge is 2.07. The van der Waals surface area contributed by atoms with Crippen LogP contribution < -0.4 is 15.8 Å². The summed E-state index contributed by atoms with van der Waals surface area (Å²) in [5, 5.41) is 2.78. The third kappa shape index (κ3) is 4.32. The molecule has 94 valence electrons. The van der Waals surface area contributed by atoms with E-state index in [9.17, 15) is 4.79 Å². The van der Waals surface area contributed by atoms with Gasteiger partial charge in [0, 0.05) is 37.6 Å². The molecule has 1 aromatic rings. The number of carbonyl (C=O) groups excluding carboxylic acids is 1. The van der Waals surface area contributed by atoms with E-state index in [1.807, 2.05) is 0 Å². The lowest BCUT2D eigenvalue weighted by molar-refractivity contribution is 0.0948. The molecule has 3 N–H and O–H groups in total. The number of benzene rings is 1. The fourth-order valence-corrected chi connectivity index (χ4v) is 1.39. The van der Waals surface area contributed by atoms with Gasteiger partial charge in [-0.05, 0) is 18.6 Å². The fourth-order valence-electron chi connectivity index (χ4n) is 1.39. The van der Waals surface area contributed by atoms with Gasteiger partial charge in [-0.3, -0.25) is 4.79 Å². The van der Waals surface area contributed by atoms with Crippen LogP contribution in [-0.2, 0) is 4.74 Å². The van der Waals surface area contributed by atoms with Crippen molar-refractivity contribution in [1.82, 2.24) is 5.32 Å². The van der Waals surface area contributed by atoms with Crippen molar-refractivity contribution in [2.75, 3.05) is 33.1 Å². The zero-order chi connectivity index (χ0) is 12.7. The highest BCUT2D eigenvalue weighted by molar-refractivity contribution is 5.95.